The second kappa shape index (κ2) is 9.91. The average Bonchev–Trinajstić information content (AvgIpc) is 3.39. The number of fused-ring (bicyclic) bond motifs is 1. The molecule has 1 aliphatic heterocycles. The van der Waals surface area contributed by atoms with Gasteiger partial charge < -0.3 is 15.6 Å². The van der Waals surface area contributed by atoms with Crippen molar-refractivity contribution in [1.29, 1.82) is 0 Å². The molecule has 3 aromatic carbocycles. The van der Waals surface area contributed by atoms with Crippen molar-refractivity contribution < 1.29 is 14.4 Å². The van der Waals surface area contributed by atoms with E-state index in [2.05, 4.69) is 47.7 Å². The van der Waals surface area contributed by atoms with E-state index in [4.69, 9.17) is 0 Å². The molecular formula is C28H26N4O3S. The molecule has 8 heteroatoms. The molecule has 182 valence electrons. The van der Waals surface area contributed by atoms with Crippen molar-refractivity contribution >= 4 is 46.2 Å². The summed E-state index contributed by atoms with van der Waals surface area (Å²) in [7, 11) is 0. The molecule has 0 bridgehead atoms. The number of aromatic amines is 1. The third-order valence-electron chi connectivity index (χ3n) is 6.22. The second-order valence-electron chi connectivity index (χ2n) is 8.93. The van der Waals surface area contributed by atoms with Gasteiger partial charge in [-0.05, 0) is 66.9 Å². The van der Waals surface area contributed by atoms with Gasteiger partial charge in [-0.3, -0.25) is 14.5 Å². The Morgan fingerprint density at radius 3 is 2.61 bits per heavy atom. The van der Waals surface area contributed by atoms with Crippen LogP contribution in [-0.2, 0) is 16.0 Å². The molecule has 5 rings (SSSR count). The standard InChI is InChI=1S/C28H26N4O3S/c1-17-7-8-18(2)25(13-17)36-21-11-9-20(10-12-21)30-26(33)16-32-27(34)24(31-28(32)35)14-19-15-29-23-6-4-3-5-22(19)23/h3-13,15,24,29H,14,16H2,1-2H3,(H,30,33)(H,31,35)/t24-/m1/s1. The predicted octanol–water partition coefficient (Wildman–Crippen LogP) is 5.04. The van der Waals surface area contributed by atoms with Gasteiger partial charge >= 0.3 is 6.03 Å². The summed E-state index contributed by atoms with van der Waals surface area (Å²) in [5.41, 5.74) is 4.93. The lowest BCUT2D eigenvalue weighted by atomic mass is 10.1. The first-order chi connectivity index (χ1) is 17.4. The number of aryl methyl sites for hydroxylation is 2. The van der Waals surface area contributed by atoms with E-state index in [-0.39, 0.29) is 6.54 Å². The van der Waals surface area contributed by atoms with Crippen LogP contribution in [0.25, 0.3) is 10.9 Å². The van der Waals surface area contributed by atoms with Crippen LogP contribution in [0.3, 0.4) is 0 Å². The largest absolute Gasteiger partial charge is 0.361 e. The van der Waals surface area contributed by atoms with Gasteiger partial charge in [-0.2, -0.15) is 0 Å². The Balaban J connectivity index is 1.18. The maximum atomic E-state index is 12.9. The van der Waals surface area contributed by atoms with Crippen molar-refractivity contribution in [1.82, 2.24) is 15.2 Å². The first kappa shape index (κ1) is 23.7. The number of H-pyrrole nitrogens is 1. The molecule has 1 aromatic heterocycles. The van der Waals surface area contributed by atoms with E-state index >= 15 is 0 Å². The third-order valence-corrected chi connectivity index (χ3v) is 7.38. The molecule has 0 unspecified atom stereocenters. The van der Waals surface area contributed by atoms with Crippen LogP contribution >= 0.6 is 11.8 Å². The Kier molecular flexibility index (Phi) is 6.52. The molecule has 4 aromatic rings. The minimum Gasteiger partial charge on any atom is -0.361 e. The van der Waals surface area contributed by atoms with Crippen molar-refractivity contribution in [2.75, 3.05) is 11.9 Å². The SMILES string of the molecule is Cc1ccc(C)c(Sc2ccc(NC(=O)CN3C(=O)N[C@H](Cc4c[nH]c5ccccc45)C3=O)cc2)c1. The molecule has 1 fully saturated rings. The van der Waals surface area contributed by atoms with Gasteiger partial charge in [0, 0.05) is 39.0 Å². The Morgan fingerprint density at radius 2 is 1.81 bits per heavy atom. The zero-order chi connectivity index (χ0) is 25.2. The number of hydrogen-bond acceptors (Lipinski definition) is 4. The highest BCUT2D eigenvalue weighted by molar-refractivity contribution is 7.99. The van der Waals surface area contributed by atoms with Crippen LogP contribution < -0.4 is 10.6 Å². The van der Waals surface area contributed by atoms with Crippen molar-refractivity contribution in [3.63, 3.8) is 0 Å². The summed E-state index contributed by atoms with van der Waals surface area (Å²) >= 11 is 1.66. The van der Waals surface area contributed by atoms with E-state index in [0.29, 0.717) is 12.1 Å². The summed E-state index contributed by atoms with van der Waals surface area (Å²) < 4.78 is 0. The van der Waals surface area contributed by atoms with Crippen LogP contribution in [0.15, 0.2) is 82.7 Å². The van der Waals surface area contributed by atoms with Gasteiger partial charge in [-0.15, -0.1) is 0 Å². The van der Waals surface area contributed by atoms with Gasteiger partial charge in [0.25, 0.3) is 5.91 Å². The maximum Gasteiger partial charge on any atom is 0.325 e. The zero-order valence-corrected chi connectivity index (χ0v) is 20.8. The normalized spacial score (nSPS) is 15.4. The number of rotatable bonds is 7. The lowest BCUT2D eigenvalue weighted by Crippen LogP contribution is -2.38. The molecule has 3 N–H and O–H groups in total. The smallest absolute Gasteiger partial charge is 0.325 e. The number of nitrogens with one attached hydrogen (secondary N) is 3. The first-order valence-corrected chi connectivity index (χ1v) is 12.5. The molecule has 4 amide bonds. The Hall–Kier alpha value is -4.04. The minimum atomic E-state index is -0.703. The molecule has 0 spiro atoms. The summed E-state index contributed by atoms with van der Waals surface area (Å²) in [5.74, 6) is -0.832. The van der Waals surface area contributed by atoms with Gasteiger partial charge in [0.1, 0.15) is 12.6 Å². The molecule has 1 saturated heterocycles. The number of anilines is 1. The van der Waals surface area contributed by atoms with Crippen LogP contribution in [-0.4, -0.2) is 40.3 Å². The molecule has 7 nitrogen and oxygen atoms in total. The van der Waals surface area contributed by atoms with Gasteiger partial charge in [0.2, 0.25) is 5.91 Å². The van der Waals surface area contributed by atoms with Gasteiger partial charge in [-0.25, -0.2) is 4.79 Å². The number of para-hydroxylation sites is 1. The molecule has 0 aliphatic carbocycles. The number of nitrogens with zero attached hydrogens (tertiary/aromatic N) is 1. The predicted molar refractivity (Wildman–Crippen MR) is 141 cm³/mol. The Morgan fingerprint density at radius 1 is 1.03 bits per heavy atom. The summed E-state index contributed by atoms with van der Waals surface area (Å²) in [5, 5.41) is 6.49. The van der Waals surface area contributed by atoms with Crippen molar-refractivity contribution in [3.05, 3.63) is 89.6 Å². The van der Waals surface area contributed by atoms with Crippen molar-refractivity contribution in [3.8, 4) is 0 Å². The van der Waals surface area contributed by atoms with E-state index in [1.54, 1.807) is 11.8 Å². The molecule has 0 saturated carbocycles. The van der Waals surface area contributed by atoms with Crippen LogP contribution in [0, 0.1) is 13.8 Å². The summed E-state index contributed by atoms with van der Waals surface area (Å²) in [6.45, 7) is 3.81. The van der Waals surface area contributed by atoms with Crippen molar-refractivity contribution in [2.24, 2.45) is 0 Å². The van der Waals surface area contributed by atoms with E-state index in [1.807, 2.05) is 54.7 Å². The van der Waals surface area contributed by atoms with Crippen LogP contribution in [0.4, 0.5) is 10.5 Å². The molecule has 0 radical (unpaired) electrons. The fraction of sp³-hybridized carbons (Fsp3) is 0.179. The summed E-state index contributed by atoms with van der Waals surface area (Å²) in [6.07, 6.45) is 2.20. The molecule has 1 aliphatic rings. The fourth-order valence-corrected chi connectivity index (χ4v) is 5.28. The van der Waals surface area contributed by atoms with Crippen LogP contribution in [0.2, 0.25) is 0 Å². The zero-order valence-electron chi connectivity index (χ0n) is 20.0. The highest BCUT2D eigenvalue weighted by atomic mass is 32.2. The molecule has 2 heterocycles. The average molecular weight is 499 g/mol. The number of amides is 4. The Labute approximate surface area is 213 Å². The number of aromatic nitrogens is 1. The van der Waals surface area contributed by atoms with E-state index in [9.17, 15) is 14.4 Å². The van der Waals surface area contributed by atoms with E-state index < -0.39 is 23.9 Å². The quantitative estimate of drug-likeness (QED) is 0.311. The summed E-state index contributed by atoms with van der Waals surface area (Å²) in [6, 6.07) is 20.4. The number of carbonyl (C=O) groups excluding carboxylic acids is 3. The van der Waals surface area contributed by atoms with E-state index in [0.717, 1.165) is 26.3 Å². The van der Waals surface area contributed by atoms with Gasteiger partial charge in [0.15, 0.2) is 0 Å². The molecule has 36 heavy (non-hydrogen) atoms. The number of hydrogen-bond donors (Lipinski definition) is 3. The minimum absolute atomic E-state index is 0.339. The van der Waals surface area contributed by atoms with Gasteiger partial charge in [0.05, 0.1) is 0 Å². The number of imide groups is 1. The van der Waals surface area contributed by atoms with Crippen molar-refractivity contribution in [2.45, 2.75) is 36.1 Å². The molecular weight excluding hydrogens is 472 g/mol. The monoisotopic (exact) mass is 498 g/mol. The van der Waals surface area contributed by atoms with E-state index in [1.165, 1.54) is 16.0 Å². The fourth-order valence-electron chi connectivity index (χ4n) is 4.28. The summed E-state index contributed by atoms with van der Waals surface area (Å²) in [4.78, 5) is 44.3. The third kappa shape index (κ3) is 4.99. The lowest BCUT2D eigenvalue weighted by molar-refractivity contribution is -0.130. The first-order valence-electron chi connectivity index (χ1n) is 11.7. The lowest BCUT2D eigenvalue weighted by Gasteiger charge is -2.13. The number of urea groups is 1. The van der Waals surface area contributed by atoms with Gasteiger partial charge in [-0.1, -0.05) is 42.1 Å². The van der Waals surface area contributed by atoms with Crippen LogP contribution in [0.5, 0.6) is 0 Å². The van der Waals surface area contributed by atoms with Crippen LogP contribution in [0.1, 0.15) is 16.7 Å². The highest BCUT2D eigenvalue weighted by Crippen LogP contribution is 2.31. The maximum absolute atomic E-state index is 12.9. The number of carbonyl (C=O) groups is 3. The Bertz CT molecular complexity index is 1460. The second-order valence-corrected chi connectivity index (χ2v) is 10.0. The highest BCUT2D eigenvalue weighted by Gasteiger charge is 2.39. The topological polar surface area (TPSA) is 94.3 Å². The molecule has 1 atom stereocenters. The number of benzene rings is 3.